The fourth-order valence-corrected chi connectivity index (χ4v) is 4.44. The van der Waals surface area contributed by atoms with Crippen LogP contribution in [0.5, 0.6) is 0 Å². The third-order valence-electron chi connectivity index (χ3n) is 5.35. The Morgan fingerprint density at radius 3 is 2.58 bits per heavy atom. The summed E-state index contributed by atoms with van der Waals surface area (Å²) >= 11 is 0.948. The Morgan fingerprint density at radius 2 is 1.87 bits per heavy atom. The van der Waals surface area contributed by atoms with Crippen LogP contribution in [0.3, 0.4) is 0 Å². The van der Waals surface area contributed by atoms with Crippen LogP contribution in [0.1, 0.15) is 22.3 Å². The van der Waals surface area contributed by atoms with Gasteiger partial charge in [-0.25, -0.2) is 0 Å². The molecule has 38 heavy (non-hydrogen) atoms. The number of aliphatic hydroxyl groups is 1. The summed E-state index contributed by atoms with van der Waals surface area (Å²) < 4.78 is 85.7. The first-order valence-corrected chi connectivity index (χ1v) is 11.9. The highest BCUT2D eigenvalue weighted by molar-refractivity contribution is 8.18. The molecule has 1 aromatic heterocycles. The molecule has 202 valence electrons. The minimum atomic E-state index is -4.98. The second-order valence-corrected chi connectivity index (χ2v) is 9.12. The van der Waals surface area contributed by atoms with E-state index in [1.54, 1.807) is 24.3 Å². The second kappa shape index (κ2) is 11.2. The first-order chi connectivity index (χ1) is 17.9. The van der Waals surface area contributed by atoms with E-state index in [2.05, 4.69) is 15.4 Å². The number of hydrogen-bond donors (Lipinski definition) is 2. The van der Waals surface area contributed by atoms with Crippen LogP contribution in [0.25, 0.3) is 17.0 Å². The number of amides is 1. The van der Waals surface area contributed by atoms with Crippen LogP contribution in [0.2, 0.25) is 0 Å². The number of carbonyl (C=O) groups is 1. The van der Waals surface area contributed by atoms with Crippen molar-refractivity contribution in [2.24, 2.45) is 4.99 Å². The average molecular weight is 559 g/mol. The number of hydrogen-bond acceptors (Lipinski definition) is 6. The molecule has 2 N–H and O–H groups in total. The topological polar surface area (TPSA) is 88.7 Å². The number of benzene rings is 2. The third-order valence-corrected chi connectivity index (χ3v) is 6.16. The summed E-state index contributed by atoms with van der Waals surface area (Å²) in [6.07, 6.45) is -6.67. The van der Waals surface area contributed by atoms with Gasteiger partial charge in [0, 0.05) is 11.6 Å². The van der Waals surface area contributed by atoms with Crippen LogP contribution in [0, 0.1) is 0 Å². The number of carbonyl (C=O) groups excluding carboxylic acids is 1. The van der Waals surface area contributed by atoms with Crippen molar-refractivity contribution in [1.82, 2.24) is 15.1 Å². The van der Waals surface area contributed by atoms with Crippen LogP contribution >= 0.6 is 11.8 Å². The first-order valence-electron chi connectivity index (χ1n) is 11.1. The largest absolute Gasteiger partial charge is 0.416 e. The molecule has 3 aromatic rings. The number of thioether (sulfide) groups is 1. The van der Waals surface area contributed by atoms with Gasteiger partial charge in [-0.2, -0.15) is 31.4 Å². The highest BCUT2D eigenvalue weighted by atomic mass is 32.2. The van der Waals surface area contributed by atoms with Gasteiger partial charge in [0.1, 0.15) is 5.84 Å². The summed E-state index contributed by atoms with van der Waals surface area (Å²) in [5.74, 6) is 0.366. The van der Waals surface area contributed by atoms with E-state index in [0.29, 0.717) is 33.3 Å². The number of rotatable bonds is 8. The molecule has 1 aliphatic rings. The Bertz CT molecular complexity index is 1400. The predicted octanol–water partition coefficient (Wildman–Crippen LogP) is 5.33. The van der Waals surface area contributed by atoms with Crippen LogP contribution in [-0.2, 0) is 23.6 Å². The van der Waals surface area contributed by atoms with E-state index >= 15 is 0 Å². The lowest BCUT2D eigenvalue weighted by Gasteiger charge is -2.16. The van der Waals surface area contributed by atoms with Crippen molar-refractivity contribution in [3.8, 4) is 0 Å². The quantitative estimate of drug-likeness (QED) is 0.288. The van der Waals surface area contributed by atoms with Crippen LogP contribution in [0.15, 0.2) is 52.5 Å². The molecule has 0 spiro atoms. The molecule has 0 radical (unpaired) electrons. The van der Waals surface area contributed by atoms with Crippen LogP contribution in [-0.4, -0.2) is 52.3 Å². The van der Waals surface area contributed by atoms with Crippen molar-refractivity contribution in [3.63, 3.8) is 0 Å². The van der Waals surface area contributed by atoms with E-state index in [1.165, 1.54) is 10.9 Å². The molecule has 1 fully saturated rings. The molecule has 1 amide bonds. The van der Waals surface area contributed by atoms with Crippen molar-refractivity contribution < 1.29 is 41.0 Å². The van der Waals surface area contributed by atoms with Gasteiger partial charge in [-0.1, -0.05) is 12.1 Å². The zero-order valence-corrected chi connectivity index (χ0v) is 20.3. The van der Waals surface area contributed by atoms with Crippen molar-refractivity contribution in [1.29, 1.82) is 0 Å². The monoisotopic (exact) mass is 558 g/mol. The normalized spacial score (nSPS) is 16.7. The molecular formula is C24H20F6N4O3S. The molecule has 0 atom stereocenters. The molecule has 4 rings (SSSR count). The average Bonchev–Trinajstić information content (AvgIpc) is 3.39. The molecule has 2 heterocycles. The molecule has 7 nitrogen and oxygen atoms in total. The first kappa shape index (κ1) is 27.7. The highest BCUT2D eigenvalue weighted by Gasteiger charge is 2.38. The molecule has 1 saturated heterocycles. The van der Waals surface area contributed by atoms with Gasteiger partial charge in [0.2, 0.25) is 0 Å². The van der Waals surface area contributed by atoms with E-state index in [1.807, 2.05) is 0 Å². The summed E-state index contributed by atoms with van der Waals surface area (Å²) in [6.45, 7) is 0.211. The van der Waals surface area contributed by atoms with Gasteiger partial charge in [0.25, 0.3) is 5.24 Å². The zero-order valence-electron chi connectivity index (χ0n) is 19.4. The summed E-state index contributed by atoms with van der Waals surface area (Å²) in [7, 11) is 0. The molecule has 0 saturated carbocycles. The van der Waals surface area contributed by atoms with Gasteiger partial charge in [0.05, 0.1) is 54.5 Å². The molecule has 0 bridgehead atoms. The number of aromatic nitrogens is 2. The number of nitrogens with one attached hydrogen (secondary N) is 1. The van der Waals surface area contributed by atoms with Gasteiger partial charge in [0.15, 0.2) is 0 Å². The molecule has 1 aliphatic heterocycles. The number of fused-ring (bicyclic) bond motifs is 1. The van der Waals surface area contributed by atoms with Gasteiger partial charge in [-0.15, -0.1) is 0 Å². The maximum atomic E-state index is 13.5. The number of amidine groups is 1. The smallest absolute Gasteiger partial charge is 0.394 e. The zero-order chi connectivity index (χ0) is 27.5. The van der Waals surface area contributed by atoms with Crippen molar-refractivity contribution in [3.05, 3.63) is 69.8 Å². The molecular weight excluding hydrogens is 538 g/mol. The Morgan fingerprint density at radius 1 is 1.08 bits per heavy atom. The number of halogens is 6. The van der Waals surface area contributed by atoms with Gasteiger partial charge < -0.3 is 15.2 Å². The SMILES string of the molecule is O=C1NC(=NCCOCCO)/C(=C/c2ccc3nn(Cc4ccc(C(F)(F)F)cc4C(F)(F)F)cc3c2)S1. The van der Waals surface area contributed by atoms with Gasteiger partial charge in [-0.3, -0.25) is 14.5 Å². The molecule has 0 unspecified atom stereocenters. The van der Waals surface area contributed by atoms with E-state index in [9.17, 15) is 31.1 Å². The molecule has 2 aromatic carbocycles. The number of nitrogens with zero attached hydrogens (tertiary/aromatic N) is 3. The Labute approximate surface area is 216 Å². The van der Waals surface area contributed by atoms with Crippen molar-refractivity contribution >= 4 is 39.8 Å². The standard InChI is InChI=1S/C24H20F6N4O3S/c25-23(26,27)17-3-2-15(18(11-17)24(28,29)30)12-34-13-16-9-14(1-4-19(16)33-34)10-20-21(32-22(36)38-20)31-5-7-37-8-6-35/h1-4,9-11,13,35H,5-8,12H2,(H,31,32,36)/b20-10-. The molecule has 14 heteroatoms. The summed E-state index contributed by atoms with van der Waals surface area (Å²) in [5, 5.41) is 15.9. The molecule has 0 aliphatic carbocycles. The third kappa shape index (κ3) is 6.74. The predicted molar refractivity (Wildman–Crippen MR) is 130 cm³/mol. The Balaban J connectivity index is 1.57. The summed E-state index contributed by atoms with van der Waals surface area (Å²) in [5.41, 5.74) is -1.96. The van der Waals surface area contributed by atoms with Crippen molar-refractivity contribution in [2.75, 3.05) is 26.4 Å². The fourth-order valence-electron chi connectivity index (χ4n) is 3.68. The lowest BCUT2D eigenvalue weighted by Crippen LogP contribution is -2.20. The minimum Gasteiger partial charge on any atom is -0.394 e. The maximum Gasteiger partial charge on any atom is 0.416 e. The van der Waals surface area contributed by atoms with E-state index in [4.69, 9.17) is 9.84 Å². The van der Waals surface area contributed by atoms with Crippen LogP contribution in [0.4, 0.5) is 31.1 Å². The highest BCUT2D eigenvalue weighted by Crippen LogP contribution is 2.37. The van der Waals surface area contributed by atoms with E-state index in [0.717, 1.165) is 17.8 Å². The van der Waals surface area contributed by atoms with Crippen LogP contribution < -0.4 is 5.32 Å². The Hall–Kier alpha value is -3.36. The summed E-state index contributed by atoms with van der Waals surface area (Å²) in [6, 6.07) is 6.60. The van der Waals surface area contributed by atoms with E-state index in [-0.39, 0.29) is 49.8 Å². The van der Waals surface area contributed by atoms with E-state index < -0.39 is 23.5 Å². The number of aliphatic hydroxyl groups excluding tert-OH is 1. The minimum absolute atomic E-state index is 0.106. The van der Waals surface area contributed by atoms with Gasteiger partial charge in [-0.05, 0) is 53.2 Å². The Kier molecular flexibility index (Phi) is 8.13. The maximum absolute atomic E-state index is 13.5. The fraction of sp³-hybridized carbons (Fsp3) is 0.292. The van der Waals surface area contributed by atoms with Gasteiger partial charge >= 0.3 is 12.4 Å². The number of aliphatic imine (C=N–C) groups is 1. The summed E-state index contributed by atoms with van der Waals surface area (Å²) in [4.78, 5) is 16.7. The number of ether oxygens (including phenoxy) is 1. The number of alkyl halides is 6. The van der Waals surface area contributed by atoms with Crippen molar-refractivity contribution in [2.45, 2.75) is 18.9 Å². The second-order valence-electron chi connectivity index (χ2n) is 8.10. The lowest BCUT2D eigenvalue weighted by molar-refractivity contribution is -0.143. The lowest BCUT2D eigenvalue weighted by atomic mass is 10.0.